The van der Waals surface area contributed by atoms with Crippen LogP contribution in [0.5, 0.6) is 0 Å². The Bertz CT molecular complexity index is 541. The van der Waals surface area contributed by atoms with E-state index in [4.69, 9.17) is 4.42 Å². The summed E-state index contributed by atoms with van der Waals surface area (Å²) in [6.07, 6.45) is 1.56. The molecule has 0 bridgehead atoms. The Labute approximate surface area is 109 Å². The first-order valence-corrected chi connectivity index (χ1v) is 6.26. The van der Waals surface area contributed by atoms with Crippen LogP contribution in [-0.2, 0) is 5.60 Å². The van der Waals surface area contributed by atoms with Gasteiger partial charge in [-0.25, -0.2) is 0 Å². The average molecular weight is 295 g/mol. The number of furan rings is 1. The molecule has 90 valence electrons. The van der Waals surface area contributed by atoms with Crippen LogP contribution in [0.2, 0.25) is 0 Å². The second-order valence-corrected chi connectivity index (χ2v) is 5.32. The van der Waals surface area contributed by atoms with Gasteiger partial charge in [-0.15, -0.1) is 0 Å². The van der Waals surface area contributed by atoms with Crippen LogP contribution in [0.4, 0.5) is 0 Å². The minimum Gasteiger partial charge on any atom is -0.465 e. The molecule has 0 aliphatic heterocycles. The smallest absolute Gasteiger partial charge is 0.153 e. The molecule has 1 aromatic heterocycles. The van der Waals surface area contributed by atoms with E-state index >= 15 is 0 Å². The Kier molecular flexibility index (Phi) is 3.15. The predicted octanol–water partition coefficient (Wildman–Crippen LogP) is 3.91. The highest BCUT2D eigenvalue weighted by Crippen LogP contribution is 2.35. The molecule has 0 saturated heterocycles. The molecular weight excluding hydrogens is 280 g/mol. The van der Waals surface area contributed by atoms with E-state index in [1.165, 1.54) is 5.56 Å². The zero-order valence-corrected chi connectivity index (χ0v) is 11.7. The maximum Gasteiger partial charge on any atom is 0.153 e. The number of rotatable bonds is 2. The molecule has 0 amide bonds. The van der Waals surface area contributed by atoms with Gasteiger partial charge in [0.1, 0.15) is 5.60 Å². The van der Waals surface area contributed by atoms with Crippen LogP contribution in [0.15, 0.2) is 39.4 Å². The van der Waals surface area contributed by atoms with Gasteiger partial charge in [-0.3, -0.25) is 0 Å². The van der Waals surface area contributed by atoms with Crippen molar-refractivity contribution >= 4 is 15.9 Å². The van der Waals surface area contributed by atoms with Crippen LogP contribution in [0, 0.1) is 13.8 Å². The molecule has 2 aromatic rings. The van der Waals surface area contributed by atoms with Crippen molar-refractivity contribution in [3.8, 4) is 0 Å². The molecule has 0 saturated carbocycles. The third-order valence-corrected chi connectivity index (χ3v) is 3.75. The Morgan fingerprint density at radius 3 is 2.41 bits per heavy atom. The summed E-state index contributed by atoms with van der Waals surface area (Å²) in [7, 11) is 0. The molecule has 0 aliphatic rings. The Balaban J connectivity index is 2.51. The molecule has 1 unspecified atom stereocenters. The average Bonchev–Trinajstić information content (AvgIpc) is 2.69. The molecule has 1 heterocycles. The fourth-order valence-corrected chi connectivity index (χ4v) is 2.40. The van der Waals surface area contributed by atoms with Gasteiger partial charge < -0.3 is 9.52 Å². The van der Waals surface area contributed by atoms with Gasteiger partial charge in [0.15, 0.2) is 5.76 Å². The maximum absolute atomic E-state index is 10.6. The Hall–Kier alpha value is -1.06. The molecule has 0 aliphatic carbocycles. The van der Waals surface area contributed by atoms with Gasteiger partial charge in [0.2, 0.25) is 0 Å². The molecule has 0 spiro atoms. The fraction of sp³-hybridized carbons (Fsp3) is 0.286. The Morgan fingerprint density at radius 1 is 1.18 bits per heavy atom. The lowest BCUT2D eigenvalue weighted by atomic mass is 9.91. The lowest BCUT2D eigenvalue weighted by molar-refractivity contribution is 0.0757. The SMILES string of the molecule is Cc1ccc(C(C)(O)c2occc2Br)cc1C. The molecule has 1 aromatic carbocycles. The highest BCUT2D eigenvalue weighted by molar-refractivity contribution is 9.10. The van der Waals surface area contributed by atoms with Crippen LogP contribution in [0.1, 0.15) is 29.4 Å². The number of hydrogen-bond donors (Lipinski definition) is 1. The van der Waals surface area contributed by atoms with Crippen LogP contribution in [0.3, 0.4) is 0 Å². The fourth-order valence-electron chi connectivity index (χ4n) is 1.82. The van der Waals surface area contributed by atoms with Gasteiger partial charge in [0.05, 0.1) is 10.7 Å². The first-order valence-electron chi connectivity index (χ1n) is 5.46. The molecular formula is C14H15BrO2. The third kappa shape index (κ3) is 2.17. The van der Waals surface area contributed by atoms with E-state index in [1.807, 2.05) is 25.1 Å². The van der Waals surface area contributed by atoms with Gasteiger partial charge >= 0.3 is 0 Å². The van der Waals surface area contributed by atoms with Gasteiger partial charge in [0.25, 0.3) is 0 Å². The minimum atomic E-state index is -1.12. The number of aryl methyl sites for hydroxylation is 2. The van der Waals surface area contributed by atoms with Crippen molar-refractivity contribution in [1.29, 1.82) is 0 Å². The molecule has 1 atom stereocenters. The number of hydrogen-bond acceptors (Lipinski definition) is 2. The third-order valence-electron chi connectivity index (χ3n) is 3.13. The van der Waals surface area contributed by atoms with Gasteiger partial charge in [-0.1, -0.05) is 18.2 Å². The van der Waals surface area contributed by atoms with E-state index in [2.05, 4.69) is 22.9 Å². The molecule has 0 radical (unpaired) electrons. The quantitative estimate of drug-likeness (QED) is 0.911. The van der Waals surface area contributed by atoms with E-state index in [9.17, 15) is 5.11 Å². The summed E-state index contributed by atoms with van der Waals surface area (Å²) in [5.41, 5.74) is 2.07. The minimum absolute atomic E-state index is 0.528. The maximum atomic E-state index is 10.6. The molecule has 2 rings (SSSR count). The largest absolute Gasteiger partial charge is 0.465 e. The van der Waals surface area contributed by atoms with Crippen molar-refractivity contribution in [3.63, 3.8) is 0 Å². The van der Waals surface area contributed by atoms with Crippen molar-refractivity contribution in [2.75, 3.05) is 0 Å². The number of benzene rings is 1. The van der Waals surface area contributed by atoms with Gasteiger partial charge in [0, 0.05) is 0 Å². The Morgan fingerprint density at radius 2 is 1.88 bits per heavy atom. The summed E-state index contributed by atoms with van der Waals surface area (Å²) in [5, 5.41) is 10.6. The van der Waals surface area contributed by atoms with E-state index in [-0.39, 0.29) is 0 Å². The molecule has 0 fully saturated rings. The zero-order chi connectivity index (χ0) is 12.6. The summed E-state index contributed by atoms with van der Waals surface area (Å²) in [4.78, 5) is 0. The topological polar surface area (TPSA) is 33.4 Å². The summed E-state index contributed by atoms with van der Waals surface area (Å²) >= 11 is 3.38. The molecule has 1 N–H and O–H groups in total. The van der Waals surface area contributed by atoms with Crippen molar-refractivity contribution in [2.24, 2.45) is 0 Å². The monoisotopic (exact) mass is 294 g/mol. The van der Waals surface area contributed by atoms with E-state index in [1.54, 1.807) is 19.3 Å². The van der Waals surface area contributed by atoms with Crippen molar-refractivity contribution < 1.29 is 9.52 Å². The molecule has 3 heteroatoms. The lowest BCUT2D eigenvalue weighted by Gasteiger charge is -2.23. The van der Waals surface area contributed by atoms with E-state index < -0.39 is 5.60 Å². The molecule has 2 nitrogen and oxygen atoms in total. The van der Waals surface area contributed by atoms with Crippen molar-refractivity contribution in [3.05, 3.63) is 57.5 Å². The summed E-state index contributed by atoms with van der Waals surface area (Å²) in [6, 6.07) is 7.71. The van der Waals surface area contributed by atoms with Crippen LogP contribution in [-0.4, -0.2) is 5.11 Å². The van der Waals surface area contributed by atoms with Gasteiger partial charge in [-0.05, 0) is 59.5 Å². The highest BCUT2D eigenvalue weighted by atomic mass is 79.9. The van der Waals surface area contributed by atoms with E-state index in [0.717, 1.165) is 15.6 Å². The second-order valence-electron chi connectivity index (χ2n) is 4.47. The lowest BCUT2D eigenvalue weighted by Crippen LogP contribution is -2.22. The first-order chi connectivity index (χ1) is 7.93. The standard InChI is InChI=1S/C14H15BrO2/c1-9-4-5-11(8-10(9)2)14(3,16)13-12(15)6-7-17-13/h4-8,16H,1-3H3. The van der Waals surface area contributed by atoms with Gasteiger partial charge in [-0.2, -0.15) is 0 Å². The number of halogens is 1. The van der Waals surface area contributed by atoms with E-state index in [0.29, 0.717) is 5.76 Å². The summed E-state index contributed by atoms with van der Waals surface area (Å²) < 4.78 is 6.14. The van der Waals surface area contributed by atoms with Crippen molar-refractivity contribution in [2.45, 2.75) is 26.4 Å². The highest BCUT2D eigenvalue weighted by Gasteiger charge is 2.31. The first kappa shape index (κ1) is 12.4. The van der Waals surface area contributed by atoms with Crippen molar-refractivity contribution in [1.82, 2.24) is 0 Å². The summed E-state index contributed by atoms with van der Waals surface area (Å²) in [6.45, 7) is 5.82. The van der Waals surface area contributed by atoms with Crippen LogP contribution in [0.25, 0.3) is 0 Å². The predicted molar refractivity (Wildman–Crippen MR) is 71.0 cm³/mol. The summed E-state index contributed by atoms with van der Waals surface area (Å²) in [5.74, 6) is 0.528. The van der Waals surface area contributed by atoms with Crippen LogP contribution < -0.4 is 0 Å². The second kappa shape index (κ2) is 4.31. The number of aliphatic hydroxyl groups is 1. The molecule has 17 heavy (non-hydrogen) atoms. The van der Waals surface area contributed by atoms with Crippen LogP contribution >= 0.6 is 15.9 Å². The zero-order valence-electron chi connectivity index (χ0n) is 10.1. The normalized spacial score (nSPS) is 14.6.